The van der Waals surface area contributed by atoms with E-state index in [0.717, 1.165) is 15.2 Å². The number of ether oxygens (including phenoxy) is 3. The number of benzene rings is 2. The van der Waals surface area contributed by atoms with Crippen molar-refractivity contribution < 1.29 is 23.8 Å². The first kappa shape index (κ1) is 18.2. The van der Waals surface area contributed by atoms with Crippen LogP contribution in [-0.4, -0.2) is 42.2 Å². The zero-order valence-corrected chi connectivity index (χ0v) is 16.2. The van der Waals surface area contributed by atoms with Crippen molar-refractivity contribution in [2.24, 2.45) is 0 Å². The topological polar surface area (TPSA) is 78.0 Å². The summed E-state index contributed by atoms with van der Waals surface area (Å²) in [4.78, 5) is 30.8. The van der Waals surface area contributed by atoms with E-state index in [4.69, 9.17) is 14.2 Å². The number of esters is 1. The van der Waals surface area contributed by atoms with Crippen LogP contribution in [-0.2, 0) is 9.53 Å². The number of hydrogen-bond acceptors (Lipinski definition) is 7. The van der Waals surface area contributed by atoms with E-state index in [1.54, 1.807) is 36.6 Å². The van der Waals surface area contributed by atoms with Gasteiger partial charge in [-0.2, -0.15) is 0 Å². The summed E-state index contributed by atoms with van der Waals surface area (Å²) >= 11 is 1.55. The Hall–Kier alpha value is -3.13. The van der Waals surface area contributed by atoms with Crippen LogP contribution in [0, 0.1) is 0 Å². The van der Waals surface area contributed by atoms with Crippen LogP contribution in [0.3, 0.4) is 0 Å². The molecule has 2 heterocycles. The van der Waals surface area contributed by atoms with E-state index in [9.17, 15) is 9.59 Å². The van der Waals surface area contributed by atoms with E-state index in [1.807, 2.05) is 31.2 Å². The average molecular weight is 398 g/mol. The first-order chi connectivity index (χ1) is 13.5. The SMILES string of the molecule is C[C@H](c1nc2ccccc2s1)N(C)C(=O)COC(=O)c1ccc2c(c1)OCO2. The van der Waals surface area contributed by atoms with Gasteiger partial charge in [0.05, 0.1) is 21.8 Å². The molecular weight excluding hydrogens is 380 g/mol. The van der Waals surface area contributed by atoms with Crippen LogP contribution in [0.15, 0.2) is 42.5 Å². The molecule has 4 rings (SSSR count). The van der Waals surface area contributed by atoms with Gasteiger partial charge < -0.3 is 19.1 Å². The minimum absolute atomic E-state index is 0.126. The normalized spacial score (nSPS) is 13.4. The lowest BCUT2D eigenvalue weighted by atomic mass is 10.2. The molecule has 0 radical (unpaired) electrons. The average Bonchev–Trinajstić information content (AvgIpc) is 3.36. The zero-order valence-electron chi connectivity index (χ0n) is 15.4. The second-order valence-electron chi connectivity index (χ2n) is 6.34. The molecule has 144 valence electrons. The Morgan fingerprint density at radius 1 is 1.21 bits per heavy atom. The molecule has 8 heteroatoms. The van der Waals surface area contributed by atoms with Crippen molar-refractivity contribution >= 4 is 33.4 Å². The van der Waals surface area contributed by atoms with Crippen LogP contribution >= 0.6 is 11.3 Å². The van der Waals surface area contributed by atoms with Gasteiger partial charge in [0.1, 0.15) is 5.01 Å². The molecule has 2 aromatic carbocycles. The molecule has 1 aliphatic rings. The quantitative estimate of drug-likeness (QED) is 0.613. The van der Waals surface area contributed by atoms with Crippen LogP contribution in [0.5, 0.6) is 11.5 Å². The van der Waals surface area contributed by atoms with E-state index in [2.05, 4.69) is 4.98 Å². The fourth-order valence-electron chi connectivity index (χ4n) is 2.79. The van der Waals surface area contributed by atoms with Crippen molar-refractivity contribution in [3.8, 4) is 11.5 Å². The molecule has 0 fully saturated rings. The smallest absolute Gasteiger partial charge is 0.338 e. The van der Waals surface area contributed by atoms with E-state index in [-0.39, 0.29) is 25.3 Å². The highest BCUT2D eigenvalue weighted by atomic mass is 32.1. The number of para-hydroxylation sites is 1. The van der Waals surface area contributed by atoms with Crippen LogP contribution < -0.4 is 9.47 Å². The number of thiazole rings is 1. The van der Waals surface area contributed by atoms with Crippen molar-refractivity contribution in [1.29, 1.82) is 0 Å². The molecule has 0 aliphatic carbocycles. The van der Waals surface area contributed by atoms with Crippen molar-refractivity contribution in [2.75, 3.05) is 20.4 Å². The highest BCUT2D eigenvalue weighted by molar-refractivity contribution is 7.18. The Bertz CT molecular complexity index is 1020. The van der Waals surface area contributed by atoms with Crippen LogP contribution in [0.4, 0.5) is 0 Å². The molecule has 1 aromatic heterocycles. The third-order valence-electron chi connectivity index (χ3n) is 4.58. The molecule has 7 nitrogen and oxygen atoms in total. The minimum Gasteiger partial charge on any atom is -0.454 e. The molecular formula is C20H18N2O5S. The lowest BCUT2D eigenvalue weighted by molar-refractivity contribution is -0.135. The van der Waals surface area contributed by atoms with Gasteiger partial charge in [0, 0.05) is 7.05 Å². The fraction of sp³-hybridized carbons (Fsp3) is 0.250. The lowest BCUT2D eigenvalue weighted by Gasteiger charge is -2.23. The van der Waals surface area contributed by atoms with Crippen molar-refractivity contribution in [2.45, 2.75) is 13.0 Å². The predicted octanol–water partition coefficient (Wildman–Crippen LogP) is 3.40. The van der Waals surface area contributed by atoms with Gasteiger partial charge in [0.25, 0.3) is 5.91 Å². The summed E-state index contributed by atoms with van der Waals surface area (Å²) < 4.78 is 16.7. The van der Waals surface area contributed by atoms with Gasteiger partial charge in [-0.15, -0.1) is 11.3 Å². The number of carbonyl (C=O) groups is 2. The second-order valence-corrected chi connectivity index (χ2v) is 7.41. The Morgan fingerprint density at radius 3 is 2.82 bits per heavy atom. The third kappa shape index (κ3) is 3.50. The summed E-state index contributed by atoms with van der Waals surface area (Å²) in [7, 11) is 1.67. The maximum Gasteiger partial charge on any atom is 0.338 e. The first-order valence-corrected chi connectivity index (χ1v) is 9.52. The van der Waals surface area contributed by atoms with Gasteiger partial charge >= 0.3 is 5.97 Å². The number of fused-ring (bicyclic) bond motifs is 2. The lowest BCUT2D eigenvalue weighted by Crippen LogP contribution is -2.33. The Labute approximate surface area is 165 Å². The monoisotopic (exact) mass is 398 g/mol. The number of likely N-dealkylation sites (N-methyl/N-ethyl adjacent to an activating group) is 1. The van der Waals surface area contributed by atoms with Gasteiger partial charge in [0.2, 0.25) is 6.79 Å². The summed E-state index contributed by atoms with van der Waals surface area (Å²) in [5.41, 5.74) is 1.21. The minimum atomic E-state index is -0.590. The highest BCUT2D eigenvalue weighted by Crippen LogP contribution is 2.33. The van der Waals surface area contributed by atoms with Crippen molar-refractivity contribution in [3.63, 3.8) is 0 Å². The van der Waals surface area contributed by atoms with E-state index in [0.29, 0.717) is 17.1 Å². The van der Waals surface area contributed by atoms with Gasteiger partial charge in [-0.25, -0.2) is 9.78 Å². The van der Waals surface area contributed by atoms with Gasteiger partial charge in [-0.1, -0.05) is 12.1 Å². The summed E-state index contributed by atoms with van der Waals surface area (Å²) in [6.45, 7) is 1.68. The Balaban J connectivity index is 1.38. The Morgan fingerprint density at radius 2 is 2.00 bits per heavy atom. The number of rotatable bonds is 5. The number of aromatic nitrogens is 1. The van der Waals surface area contributed by atoms with E-state index < -0.39 is 5.97 Å². The largest absolute Gasteiger partial charge is 0.454 e. The number of amides is 1. The molecule has 0 N–H and O–H groups in total. The maximum absolute atomic E-state index is 12.5. The van der Waals surface area contributed by atoms with Crippen LogP contribution in [0.25, 0.3) is 10.2 Å². The van der Waals surface area contributed by atoms with Crippen molar-refractivity contribution in [1.82, 2.24) is 9.88 Å². The molecule has 0 spiro atoms. The summed E-state index contributed by atoms with van der Waals surface area (Å²) in [6.07, 6.45) is 0. The Kier molecular flexibility index (Phi) is 4.87. The van der Waals surface area contributed by atoms with Crippen LogP contribution in [0.1, 0.15) is 28.3 Å². The predicted molar refractivity (Wildman–Crippen MR) is 104 cm³/mol. The molecule has 0 unspecified atom stereocenters. The van der Waals surface area contributed by atoms with Gasteiger partial charge in [-0.3, -0.25) is 4.79 Å². The van der Waals surface area contributed by atoms with E-state index in [1.165, 1.54) is 4.90 Å². The standard InChI is InChI=1S/C20H18N2O5S/c1-12(19-21-14-5-3-4-6-17(14)28-19)22(2)18(23)10-25-20(24)13-7-8-15-16(9-13)27-11-26-15/h3-9,12H,10-11H2,1-2H3/t12-/m1/s1. The number of nitrogens with zero attached hydrogens (tertiary/aromatic N) is 2. The first-order valence-electron chi connectivity index (χ1n) is 8.71. The van der Waals surface area contributed by atoms with Gasteiger partial charge in [-0.05, 0) is 37.3 Å². The number of carbonyl (C=O) groups excluding carboxylic acids is 2. The highest BCUT2D eigenvalue weighted by Gasteiger charge is 2.23. The molecule has 1 amide bonds. The molecule has 0 saturated carbocycles. The maximum atomic E-state index is 12.5. The molecule has 1 aliphatic heterocycles. The third-order valence-corrected chi connectivity index (χ3v) is 5.78. The summed E-state index contributed by atoms with van der Waals surface area (Å²) in [5.74, 6) is 0.174. The van der Waals surface area contributed by atoms with E-state index >= 15 is 0 Å². The second kappa shape index (κ2) is 7.47. The summed E-state index contributed by atoms with van der Waals surface area (Å²) in [5, 5.41) is 0.833. The van der Waals surface area contributed by atoms with Crippen molar-refractivity contribution in [3.05, 3.63) is 53.0 Å². The molecule has 3 aromatic rings. The molecule has 28 heavy (non-hydrogen) atoms. The molecule has 0 saturated heterocycles. The summed E-state index contributed by atoms with van der Waals surface area (Å²) in [6, 6.07) is 12.4. The molecule has 1 atom stereocenters. The fourth-order valence-corrected chi connectivity index (χ4v) is 3.85. The molecule has 0 bridgehead atoms. The van der Waals surface area contributed by atoms with Gasteiger partial charge in [0.15, 0.2) is 18.1 Å². The number of hydrogen-bond donors (Lipinski definition) is 0. The van der Waals surface area contributed by atoms with Crippen LogP contribution in [0.2, 0.25) is 0 Å². The zero-order chi connectivity index (χ0) is 19.7.